The molecule has 4 nitrogen and oxygen atoms in total. The van der Waals surface area contributed by atoms with Crippen LogP contribution in [0, 0.1) is 0 Å². The van der Waals surface area contributed by atoms with E-state index in [2.05, 4.69) is 144 Å². The van der Waals surface area contributed by atoms with E-state index in [0.29, 0.717) is 0 Å². The lowest BCUT2D eigenvalue weighted by Crippen LogP contribution is -2.10. The van der Waals surface area contributed by atoms with E-state index in [1.54, 1.807) is 0 Å². The van der Waals surface area contributed by atoms with Crippen LogP contribution >= 0.6 is 0 Å². The summed E-state index contributed by atoms with van der Waals surface area (Å²) in [5.41, 5.74) is 12.8. The van der Waals surface area contributed by atoms with Crippen LogP contribution in [0.2, 0.25) is 0 Å². The van der Waals surface area contributed by atoms with Gasteiger partial charge >= 0.3 is 0 Å². The summed E-state index contributed by atoms with van der Waals surface area (Å²) in [7, 11) is 0. The summed E-state index contributed by atoms with van der Waals surface area (Å²) < 4.78 is 6.23. The van der Waals surface area contributed by atoms with Gasteiger partial charge in [-0.1, -0.05) is 78.9 Å². The van der Waals surface area contributed by atoms with Crippen LogP contribution in [0.4, 0.5) is 17.1 Å². The Morgan fingerprint density at radius 3 is 1.96 bits per heavy atom. The molecule has 2 heterocycles. The molecule has 0 fully saturated rings. The van der Waals surface area contributed by atoms with E-state index < -0.39 is 0 Å². The molecular weight excluding hydrogens is 623 g/mol. The van der Waals surface area contributed by atoms with Gasteiger partial charge in [-0.05, 0) is 137 Å². The van der Waals surface area contributed by atoms with Crippen molar-refractivity contribution in [2.45, 2.75) is 44.9 Å². The largest absolute Gasteiger partial charge is 0.441 e. The van der Waals surface area contributed by atoms with Gasteiger partial charge in [0.2, 0.25) is 5.89 Å². The Labute approximate surface area is 298 Å². The molecule has 0 spiro atoms. The third-order valence-corrected chi connectivity index (χ3v) is 10.8. The molecule has 1 aromatic heterocycles. The van der Waals surface area contributed by atoms with Crippen LogP contribution in [0.25, 0.3) is 44.1 Å². The van der Waals surface area contributed by atoms with Gasteiger partial charge in [0.25, 0.3) is 0 Å². The number of nitrogens with zero attached hydrogens (tertiary/aromatic N) is 3. The van der Waals surface area contributed by atoms with Crippen molar-refractivity contribution in [3.63, 3.8) is 0 Å². The van der Waals surface area contributed by atoms with Gasteiger partial charge in [0, 0.05) is 35.5 Å². The summed E-state index contributed by atoms with van der Waals surface area (Å²) >= 11 is 0. The quantitative estimate of drug-likeness (QED) is 0.167. The highest BCUT2D eigenvalue weighted by atomic mass is 16.4. The van der Waals surface area contributed by atoms with Gasteiger partial charge < -0.3 is 9.32 Å². The standard InChI is InChI=1S/C47H37N3O/c1-3-11-39-34(9-1)29-42(41-13-5-4-12-40(39)41)31-17-23-36(24-18-31)50(37-25-19-32(20-26-37)45-30-35-10-2-6-14-43(35)48-45)38-27-21-33(22-28-38)47-49-44-15-7-8-16-46(44)51-47/h1,3-6,9,11-14,17-29H,2,7-8,10,15-16,30H2. The molecule has 4 heteroatoms. The van der Waals surface area contributed by atoms with Gasteiger partial charge in [0.1, 0.15) is 5.76 Å². The lowest BCUT2D eigenvalue weighted by Gasteiger charge is -2.26. The van der Waals surface area contributed by atoms with E-state index in [0.717, 1.165) is 83.5 Å². The number of hydrogen-bond acceptors (Lipinski definition) is 4. The van der Waals surface area contributed by atoms with Crippen LogP contribution in [0.1, 0.15) is 49.1 Å². The molecule has 246 valence electrons. The minimum absolute atomic E-state index is 0.722. The summed E-state index contributed by atoms with van der Waals surface area (Å²) in [6.45, 7) is 0. The van der Waals surface area contributed by atoms with Gasteiger partial charge in [-0.15, -0.1) is 0 Å². The number of oxazole rings is 1. The maximum Gasteiger partial charge on any atom is 0.226 e. The van der Waals surface area contributed by atoms with Crippen LogP contribution in [-0.2, 0) is 12.8 Å². The van der Waals surface area contributed by atoms with Gasteiger partial charge in [-0.2, -0.15) is 0 Å². The summed E-state index contributed by atoms with van der Waals surface area (Å²) in [6.07, 6.45) is 11.9. The third kappa shape index (κ3) is 5.39. The summed E-state index contributed by atoms with van der Waals surface area (Å²) in [6, 6.07) is 46.3. The highest BCUT2D eigenvalue weighted by Gasteiger charge is 2.21. The summed E-state index contributed by atoms with van der Waals surface area (Å²) in [5, 5.41) is 5.08. The predicted molar refractivity (Wildman–Crippen MR) is 210 cm³/mol. The normalized spacial score (nSPS) is 15.3. The number of benzene rings is 6. The van der Waals surface area contributed by atoms with E-state index in [1.807, 2.05) is 0 Å². The molecule has 51 heavy (non-hydrogen) atoms. The van der Waals surface area contributed by atoms with Gasteiger partial charge in [-0.25, -0.2) is 4.98 Å². The maximum absolute atomic E-state index is 6.23. The van der Waals surface area contributed by atoms with E-state index in [-0.39, 0.29) is 0 Å². The predicted octanol–water partition coefficient (Wildman–Crippen LogP) is 12.5. The Balaban J connectivity index is 1.02. The molecule has 0 radical (unpaired) electrons. The van der Waals surface area contributed by atoms with Crippen molar-refractivity contribution in [3.05, 3.63) is 168 Å². The Kier molecular flexibility index (Phi) is 7.26. The topological polar surface area (TPSA) is 41.6 Å². The van der Waals surface area contributed by atoms with E-state index in [9.17, 15) is 0 Å². The van der Waals surface area contributed by atoms with E-state index in [4.69, 9.17) is 14.4 Å². The third-order valence-electron chi connectivity index (χ3n) is 10.8. The zero-order chi connectivity index (χ0) is 33.7. The fraction of sp³-hybridized carbons (Fsp3) is 0.149. The summed E-state index contributed by atoms with van der Waals surface area (Å²) in [4.78, 5) is 12.2. The molecule has 0 saturated heterocycles. The van der Waals surface area contributed by atoms with Crippen molar-refractivity contribution in [3.8, 4) is 22.6 Å². The molecule has 0 bridgehead atoms. The zero-order valence-corrected chi connectivity index (χ0v) is 28.5. The second kappa shape index (κ2) is 12.4. The Bertz CT molecular complexity index is 2510. The van der Waals surface area contributed by atoms with Crippen molar-refractivity contribution >= 4 is 44.3 Å². The molecule has 0 amide bonds. The van der Waals surface area contributed by atoms with Gasteiger partial charge in [0.05, 0.1) is 17.1 Å². The second-order valence-electron chi connectivity index (χ2n) is 13.9. The molecule has 6 aromatic carbocycles. The van der Waals surface area contributed by atoms with Gasteiger partial charge in [-0.3, -0.25) is 4.99 Å². The Hall–Kier alpha value is -6.00. The minimum atomic E-state index is 0.722. The maximum atomic E-state index is 6.23. The average Bonchev–Trinajstić information content (AvgIpc) is 3.84. The van der Waals surface area contributed by atoms with Crippen LogP contribution < -0.4 is 4.90 Å². The number of aliphatic imine (C=N–C) groups is 1. The molecule has 3 aliphatic rings. The number of rotatable bonds is 6. The first-order valence-electron chi connectivity index (χ1n) is 18.2. The molecule has 1 aliphatic heterocycles. The number of hydrogen-bond donors (Lipinski definition) is 0. The highest BCUT2D eigenvalue weighted by Crippen LogP contribution is 2.40. The lowest BCUT2D eigenvalue weighted by atomic mass is 9.93. The fourth-order valence-electron chi connectivity index (χ4n) is 8.11. The molecule has 0 saturated carbocycles. The molecule has 10 rings (SSSR count). The molecule has 0 unspecified atom stereocenters. The SMILES string of the molecule is C1=CC2=C(CC1)CC(c1ccc(N(c3ccc(-c4nc5c(o4)CCCC5)cc3)c3ccc(-c4cc5ccccc5c5ccccc45)cc3)cc1)=N2. The van der Waals surface area contributed by atoms with E-state index >= 15 is 0 Å². The number of fused-ring (bicyclic) bond motifs is 4. The van der Waals surface area contributed by atoms with Gasteiger partial charge in [0.15, 0.2) is 0 Å². The van der Waals surface area contributed by atoms with Crippen molar-refractivity contribution in [1.29, 1.82) is 0 Å². The first kappa shape index (κ1) is 29.9. The lowest BCUT2D eigenvalue weighted by molar-refractivity contribution is 0.487. The smallest absolute Gasteiger partial charge is 0.226 e. The minimum Gasteiger partial charge on any atom is -0.441 e. The molecule has 0 atom stereocenters. The zero-order valence-electron chi connectivity index (χ0n) is 28.5. The first-order valence-corrected chi connectivity index (χ1v) is 18.2. The molecule has 7 aromatic rings. The Morgan fingerprint density at radius 1 is 0.588 bits per heavy atom. The van der Waals surface area contributed by atoms with E-state index in [1.165, 1.54) is 56.6 Å². The van der Waals surface area contributed by atoms with Crippen LogP contribution in [0.5, 0.6) is 0 Å². The Morgan fingerprint density at radius 2 is 1.24 bits per heavy atom. The van der Waals surface area contributed by atoms with Crippen molar-refractivity contribution < 1.29 is 4.42 Å². The van der Waals surface area contributed by atoms with Crippen LogP contribution in [0.15, 0.2) is 160 Å². The number of anilines is 3. The molecular formula is C47H37N3O. The van der Waals surface area contributed by atoms with Crippen LogP contribution in [-0.4, -0.2) is 10.7 Å². The molecule has 0 N–H and O–H groups in total. The van der Waals surface area contributed by atoms with Crippen molar-refractivity contribution in [2.24, 2.45) is 4.99 Å². The fourth-order valence-corrected chi connectivity index (χ4v) is 8.11. The molecule has 2 aliphatic carbocycles. The number of aromatic nitrogens is 1. The van der Waals surface area contributed by atoms with Crippen molar-refractivity contribution in [2.75, 3.05) is 4.90 Å². The highest BCUT2D eigenvalue weighted by molar-refractivity contribution is 6.13. The first-order chi connectivity index (χ1) is 25.2. The average molecular weight is 660 g/mol. The monoisotopic (exact) mass is 659 g/mol. The summed E-state index contributed by atoms with van der Waals surface area (Å²) in [5.74, 6) is 1.78. The number of allylic oxidation sites excluding steroid dienone is 3. The number of aryl methyl sites for hydroxylation is 2. The van der Waals surface area contributed by atoms with Crippen molar-refractivity contribution in [1.82, 2.24) is 4.98 Å². The second-order valence-corrected chi connectivity index (χ2v) is 13.9. The van der Waals surface area contributed by atoms with Crippen LogP contribution in [0.3, 0.4) is 0 Å².